The molecule has 1 unspecified atom stereocenters. The van der Waals surface area contributed by atoms with Crippen LogP contribution in [0.15, 0.2) is 22.8 Å². The predicted octanol–water partition coefficient (Wildman–Crippen LogP) is 1.77. The lowest BCUT2D eigenvalue weighted by Crippen LogP contribution is -2.22. The van der Waals surface area contributed by atoms with E-state index in [1.807, 2.05) is 22.7 Å². The molecule has 2 heterocycles. The highest BCUT2D eigenvalue weighted by atomic mass is 79.9. The summed E-state index contributed by atoms with van der Waals surface area (Å²) in [5.74, 6) is 0.917. The smallest absolute Gasteiger partial charge is 0.160 e. The summed E-state index contributed by atoms with van der Waals surface area (Å²) in [5.41, 5.74) is 6.76. The van der Waals surface area contributed by atoms with Crippen LogP contribution >= 0.6 is 15.9 Å². The summed E-state index contributed by atoms with van der Waals surface area (Å²) in [6.45, 7) is 2.07. The zero-order valence-corrected chi connectivity index (χ0v) is 10.1. The van der Waals surface area contributed by atoms with Gasteiger partial charge < -0.3 is 5.73 Å². The molecule has 2 aromatic heterocycles. The molecule has 1 atom stereocenters. The number of aromatic nitrogens is 3. The van der Waals surface area contributed by atoms with Crippen LogP contribution in [0.2, 0.25) is 0 Å². The van der Waals surface area contributed by atoms with Crippen molar-refractivity contribution in [3.63, 3.8) is 0 Å². The lowest BCUT2D eigenvalue weighted by atomic mass is 10.1. The van der Waals surface area contributed by atoms with Gasteiger partial charge in [-0.25, -0.2) is 0 Å². The maximum absolute atomic E-state index is 5.90. The van der Waals surface area contributed by atoms with E-state index < -0.39 is 0 Å². The Bertz CT molecular complexity index is 465. The molecule has 15 heavy (non-hydrogen) atoms. The molecule has 4 nitrogen and oxygen atoms in total. The van der Waals surface area contributed by atoms with Crippen molar-refractivity contribution in [3.8, 4) is 0 Å². The fourth-order valence-corrected chi connectivity index (χ4v) is 1.77. The monoisotopic (exact) mass is 268 g/mol. The van der Waals surface area contributed by atoms with Crippen molar-refractivity contribution in [1.82, 2.24) is 14.6 Å². The van der Waals surface area contributed by atoms with Crippen molar-refractivity contribution in [2.24, 2.45) is 5.73 Å². The summed E-state index contributed by atoms with van der Waals surface area (Å²) in [4.78, 5) is 0. The van der Waals surface area contributed by atoms with Gasteiger partial charge in [-0.05, 0) is 34.5 Å². The molecule has 0 saturated heterocycles. The van der Waals surface area contributed by atoms with Gasteiger partial charge in [-0.1, -0.05) is 6.92 Å². The van der Waals surface area contributed by atoms with Crippen molar-refractivity contribution in [3.05, 3.63) is 28.6 Å². The third-order valence-corrected chi connectivity index (χ3v) is 2.88. The molecule has 0 bridgehead atoms. The molecule has 2 rings (SSSR count). The Balaban J connectivity index is 2.39. The largest absolute Gasteiger partial charge is 0.327 e. The van der Waals surface area contributed by atoms with Crippen LogP contribution in [0, 0.1) is 0 Å². The molecular weight excluding hydrogens is 256 g/mol. The van der Waals surface area contributed by atoms with Gasteiger partial charge in [0.1, 0.15) is 5.82 Å². The Morgan fingerprint density at radius 2 is 2.27 bits per heavy atom. The minimum atomic E-state index is 0.149. The van der Waals surface area contributed by atoms with Crippen LogP contribution in [-0.2, 0) is 6.42 Å². The van der Waals surface area contributed by atoms with Crippen LogP contribution in [0.5, 0.6) is 0 Å². The third kappa shape index (κ3) is 2.18. The van der Waals surface area contributed by atoms with Gasteiger partial charge in [0, 0.05) is 23.1 Å². The SMILES string of the molecule is CCC(N)Cc1nnc2ccc(Br)cn12. The van der Waals surface area contributed by atoms with Gasteiger partial charge in [0.05, 0.1) is 0 Å². The number of hydrogen-bond acceptors (Lipinski definition) is 3. The fraction of sp³-hybridized carbons (Fsp3) is 0.400. The number of pyridine rings is 1. The second-order valence-corrected chi connectivity index (χ2v) is 4.48. The van der Waals surface area contributed by atoms with E-state index in [1.54, 1.807) is 0 Å². The molecule has 0 saturated carbocycles. The molecule has 0 aliphatic rings. The molecule has 2 aromatic rings. The Labute approximate surface area is 96.6 Å². The zero-order valence-electron chi connectivity index (χ0n) is 8.52. The predicted molar refractivity (Wildman–Crippen MR) is 62.7 cm³/mol. The molecule has 0 aliphatic carbocycles. The van der Waals surface area contributed by atoms with Crippen molar-refractivity contribution < 1.29 is 0 Å². The van der Waals surface area contributed by atoms with Gasteiger partial charge in [-0.2, -0.15) is 0 Å². The molecular formula is C10H13BrN4. The summed E-state index contributed by atoms with van der Waals surface area (Å²) >= 11 is 3.43. The van der Waals surface area contributed by atoms with Crippen LogP contribution in [0.3, 0.4) is 0 Å². The maximum atomic E-state index is 5.90. The van der Waals surface area contributed by atoms with Crippen LogP contribution in [0.4, 0.5) is 0 Å². The molecule has 0 amide bonds. The van der Waals surface area contributed by atoms with Crippen LogP contribution in [0.1, 0.15) is 19.2 Å². The van der Waals surface area contributed by atoms with Crippen molar-refractivity contribution in [2.45, 2.75) is 25.8 Å². The summed E-state index contributed by atoms with van der Waals surface area (Å²) in [5, 5.41) is 8.22. The highest BCUT2D eigenvalue weighted by Gasteiger charge is 2.08. The average Bonchev–Trinajstić information content (AvgIpc) is 2.61. The second kappa shape index (κ2) is 4.28. The molecule has 0 radical (unpaired) electrons. The number of nitrogens with two attached hydrogens (primary N) is 1. The van der Waals surface area contributed by atoms with Gasteiger partial charge in [0.2, 0.25) is 0 Å². The van der Waals surface area contributed by atoms with Crippen molar-refractivity contribution >= 4 is 21.6 Å². The molecule has 5 heteroatoms. The lowest BCUT2D eigenvalue weighted by Gasteiger charge is -2.06. The Morgan fingerprint density at radius 3 is 3.00 bits per heavy atom. The van der Waals surface area contributed by atoms with E-state index in [9.17, 15) is 0 Å². The standard InChI is InChI=1S/C10H13BrN4/c1-2-8(12)5-10-14-13-9-4-3-7(11)6-15(9)10/h3-4,6,8H,2,5,12H2,1H3. The van der Waals surface area contributed by atoms with Crippen molar-refractivity contribution in [1.29, 1.82) is 0 Å². The number of halogens is 1. The van der Waals surface area contributed by atoms with E-state index in [1.165, 1.54) is 0 Å². The van der Waals surface area contributed by atoms with Crippen LogP contribution in [-0.4, -0.2) is 20.6 Å². The minimum Gasteiger partial charge on any atom is -0.327 e. The second-order valence-electron chi connectivity index (χ2n) is 3.56. The average molecular weight is 269 g/mol. The summed E-state index contributed by atoms with van der Waals surface area (Å²) < 4.78 is 2.99. The highest BCUT2D eigenvalue weighted by molar-refractivity contribution is 9.10. The van der Waals surface area contributed by atoms with E-state index >= 15 is 0 Å². The Morgan fingerprint density at radius 1 is 1.47 bits per heavy atom. The first-order chi connectivity index (χ1) is 7.20. The first-order valence-electron chi connectivity index (χ1n) is 4.95. The molecule has 2 N–H and O–H groups in total. The van der Waals surface area contributed by atoms with Crippen LogP contribution < -0.4 is 5.73 Å². The quantitative estimate of drug-likeness (QED) is 0.923. The van der Waals surface area contributed by atoms with E-state index in [-0.39, 0.29) is 6.04 Å². The zero-order chi connectivity index (χ0) is 10.8. The van der Waals surface area contributed by atoms with Gasteiger partial charge in [-0.3, -0.25) is 4.40 Å². The normalized spacial score (nSPS) is 13.3. The molecule has 80 valence electrons. The molecule has 0 spiro atoms. The molecule has 0 fully saturated rings. The topological polar surface area (TPSA) is 56.2 Å². The summed E-state index contributed by atoms with van der Waals surface area (Å²) in [6.07, 6.45) is 3.67. The lowest BCUT2D eigenvalue weighted by molar-refractivity contribution is 0.620. The number of rotatable bonds is 3. The maximum Gasteiger partial charge on any atom is 0.160 e. The fourth-order valence-electron chi connectivity index (χ4n) is 1.43. The van der Waals surface area contributed by atoms with Gasteiger partial charge in [0.25, 0.3) is 0 Å². The molecule has 0 aliphatic heterocycles. The number of nitrogens with zero attached hydrogens (tertiary/aromatic N) is 3. The van der Waals surface area contributed by atoms with E-state index in [0.717, 1.165) is 28.8 Å². The van der Waals surface area contributed by atoms with Crippen molar-refractivity contribution in [2.75, 3.05) is 0 Å². The van der Waals surface area contributed by atoms with Gasteiger partial charge >= 0.3 is 0 Å². The molecule has 0 aromatic carbocycles. The summed E-state index contributed by atoms with van der Waals surface area (Å²) in [7, 11) is 0. The first kappa shape index (κ1) is 10.6. The Hall–Kier alpha value is -0.940. The highest BCUT2D eigenvalue weighted by Crippen LogP contribution is 2.13. The summed E-state index contributed by atoms with van der Waals surface area (Å²) in [6, 6.07) is 4.03. The van der Waals surface area contributed by atoms with Gasteiger partial charge in [-0.15, -0.1) is 10.2 Å². The first-order valence-corrected chi connectivity index (χ1v) is 5.74. The van der Waals surface area contributed by atoms with Crippen LogP contribution in [0.25, 0.3) is 5.65 Å². The van der Waals surface area contributed by atoms with E-state index in [4.69, 9.17) is 5.73 Å². The number of fused-ring (bicyclic) bond motifs is 1. The van der Waals surface area contributed by atoms with E-state index in [2.05, 4.69) is 33.1 Å². The number of hydrogen-bond donors (Lipinski definition) is 1. The Kier molecular flexibility index (Phi) is 3.02. The van der Waals surface area contributed by atoms with E-state index in [0.29, 0.717) is 0 Å². The minimum absolute atomic E-state index is 0.149. The van der Waals surface area contributed by atoms with Gasteiger partial charge in [0.15, 0.2) is 5.65 Å². The third-order valence-electron chi connectivity index (χ3n) is 2.41.